The van der Waals surface area contributed by atoms with E-state index in [0.717, 1.165) is 0 Å². The first-order valence-corrected chi connectivity index (χ1v) is 7.54. The van der Waals surface area contributed by atoms with E-state index in [1.165, 1.54) is 6.07 Å². The molecule has 0 radical (unpaired) electrons. The first-order chi connectivity index (χ1) is 11.5. The molecule has 0 aliphatic carbocycles. The molecule has 2 rings (SSSR count). The fraction of sp³-hybridized carbons (Fsp3) is 0.167. The summed E-state index contributed by atoms with van der Waals surface area (Å²) in [5.74, 6) is -0.0189. The number of carbonyl (C=O) groups is 1. The van der Waals surface area contributed by atoms with Gasteiger partial charge in [0, 0.05) is 5.69 Å². The molecule has 0 saturated carbocycles. The lowest BCUT2D eigenvalue weighted by atomic mass is 10.1. The lowest BCUT2D eigenvalue weighted by Gasteiger charge is -2.14. The van der Waals surface area contributed by atoms with Crippen molar-refractivity contribution in [2.75, 3.05) is 11.9 Å². The first-order valence-electron chi connectivity index (χ1n) is 7.17. The third kappa shape index (κ3) is 4.49. The lowest BCUT2D eigenvalue weighted by Crippen LogP contribution is -2.25. The van der Waals surface area contributed by atoms with Gasteiger partial charge in [0.15, 0.2) is 0 Å². The van der Waals surface area contributed by atoms with Crippen LogP contribution in [0.3, 0.4) is 0 Å². The van der Waals surface area contributed by atoms with Crippen molar-refractivity contribution in [1.29, 1.82) is 10.5 Å². The van der Waals surface area contributed by atoms with Gasteiger partial charge in [-0.05, 0) is 42.5 Å². The molecule has 1 atom stereocenters. The maximum absolute atomic E-state index is 12.2. The van der Waals surface area contributed by atoms with Gasteiger partial charge < -0.3 is 10.1 Å². The number of halogens is 1. The zero-order chi connectivity index (χ0) is 17.5. The van der Waals surface area contributed by atoms with Gasteiger partial charge in [0.25, 0.3) is 0 Å². The molecule has 0 spiro atoms. The Labute approximate surface area is 145 Å². The highest BCUT2D eigenvalue weighted by Gasteiger charge is 2.14. The van der Waals surface area contributed by atoms with Gasteiger partial charge in [-0.25, -0.2) is 0 Å². The van der Waals surface area contributed by atoms with Crippen LogP contribution >= 0.6 is 11.6 Å². The number of ether oxygens (including phenoxy) is 1. The van der Waals surface area contributed by atoms with Gasteiger partial charge in [-0.1, -0.05) is 18.5 Å². The smallest absolute Gasteiger partial charge is 0.230 e. The number of benzene rings is 2. The molecule has 1 N–H and O–H groups in total. The summed E-state index contributed by atoms with van der Waals surface area (Å²) in [6.45, 7) is 1.94. The van der Waals surface area contributed by atoms with E-state index in [4.69, 9.17) is 26.9 Å². The molecule has 6 heteroatoms. The average Bonchev–Trinajstić information content (AvgIpc) is 2.60. The van der Waals surface area contributed by atoms with E-state index in [-0.39, 0.29) is 17.5 Å². The number of nitrogens with one attached hydrogen (secondary N) is 1. The van der Waals surface area contributed by atoms with E-state index in [2.05, 4.69) is 5.32 Å². The molecular weight excluding hydrogens is 326 g/mol. The Morgan fingerprint density at radius 1 is 1.21 bits per heavy atom. The van der Waals surface area contributed by atoms with Gasteiger partial charge in [0.1, 0.15) is 11.8 Å². The van der Waals surface area contributed by atoms with Crippen LogP contribution in [0.25, 0.3) is 0 Å². The van der Waals surface area contributed by atoms with E-state index in [9.17, 15) is 4.79 Å². The van der Waals surface area contributed by atoms with Crippen LogP contribution in [-0.4, -0.2) is 12.5 Å². The minimum absolute atomic E-state index is 0.196. The molecular formula is C18H14ClN3O2. The largest absolute Gasteiger partial charge is 0.493 e. The van der Waals surface area contributed by atoms with Crippen molar-refractivity contribution in [1.82, 2.24) is 0 Å². The average molecular weight is 340 g/mol. The molecule has 2 aromatic rings. The molecule has 0 bridgehead atoms. The number of hydrogen-bond donors (Lipinski definition) is 1. The van der Waals surface area contributed by atoms with Crippen molar-refractivity contribution in [3.05, 3.63) is 58.6 Å². The highest BCUT2D eigenvalue weighted by atomic mass is 35.5. The fourth-order valence-corrected chi connectivity index (χ4v) is 2.09. The second kappa shape index (κ2) is 8.01. The topological polar surface area (TPSA) is 85.9 Å². The Balaban J connectivity index is 1.91. The van der Waals surface area contributed by atoms with Crippen LogP contribution in [0.1, 0.15) is 18.1 Å². The molecule has 120 valence electrons. The highest BCUT2D eigenvalue weighted by molar-refractivity contribution is 6.32. The maximum atomic E-state index is 12.2. The van der Waals surface area contributed by atoms with Crippen LogP contribution in [0, 0.1) is 28.6 Å². The second-order valence-corrected chi connectivity index (χ2v) is 5.55. The Morgan fingerprint density at radius 3 is 2.50 bits per heavy atom. The van der Waals surface area contributed by atoms with Gasteiger partial charge in [-0.15, -0.1) is 0 Å². The second-order valence-electron chi connectivity index (χ2n) is 5.14. The zero-order valence-electron chi connectivity index (χ0n) is 12.9. The molecule has 24 heavy (non-hydrogen) atoms. The highest BCUT2D eigenvalue weighted by Crippen LogP contribution is 2.21. The first kappa shape index (κ1) is 17.3. The summed E-state index contributed by atoms with van der Waals surface area (Å²) in [5.41, 5.74) is 1.42. The summed E-state index contributed by atoms with van der Waals surface area (Å²) in [4.78, 5) is 12.2. The van der Waals surface area contributed by atoms with Crippen LogP contribution in [0.15, 0.2) is 42.5 Å². The van der Waals surface area contributed by atoms with E-state index in [1.54, 1.807) is 43.3 Å². The van der Waals surface area contributed by atoms with Crippen LogP contribution < -0.4 is 10.1 Å². The van der Waals surface area contributed by atoms with Crippen LogP contribution in [0.2, 0.25) is 5.02 Å². The van der Waals surface area contributed by atoms with Crippen LogP contribution in [0.5, 0.6) is 5.75 Å². The van der Waals surface area contributed by atoms with Gasteiger partial charge in [-0.2, -0.15) is 10.5 Å². The normalized spacial score (nSPS) is 11.0. The summed E-state index contributed by atoms with van der Waals surface area (Å²) in [7, 11) is 0. The van der Waals surface area contributed by atoms with E-state index >= 15 is 0 Å². The summed E-state index contributed by atoms with van der Waals surface area (Å²) in [6.07, 6.45) is 0. The Morgan fingerprint density at radius 2 is 1.92 bits per heavy atom. The van der Waals surface area contributed by atoms with Gasteiger partial charge >= 0.3 is 0 Å². The maximum Gasteiger partial charge on any atom is 0.230 e. The number of rotatable bonds is 5. The summed E-state index contributed by atoms with van der Waals surface area (Å²) in [6, 6.07) is 15.4. The summed E-state index contributed by atoms with van der Waals surface area (Å²) in [5, 5.41) is 20.6. The number of carbonyl (C=O) groups excluding carboxylic acids is 1. The fourth-order valence-electron chi connectivity index (χ4n) is 1.87. The predicted octanol–water partition coefficient (Wildman–Crippen LogP) is 3.74. The minimum Gasteiger partial charge on any atom is -0.493 e. The zero-order valence-corrected chi connectivity index (χ0v) is 13.7. The van der Waals surface area contributed by atoms with Crippen molar-refractivity contribution in [3.63, 3.8) is 0 Å². The van der Waals surface area contributed by atoms with Crippen LogP contribution in [0.4, 0.5) is 5.69 Å². The van der Waals surface area contributed by atoms with E-state index in [1.807, 2.05) is 12.1 Å². The molecule has 0 aliphatic heterocycles. The quantitative estimate of drug-likeness (QED) is 0.899. The SMILES string of the molecule is C[C@H](COc1ccc(C#N)cc1)C(=O)Nc1ccc(C#N)c(Cl)c1. The minimum atomic E-state index is -0.393. The summed E-state index contributed by atoms with van der Waals surface area (Å²) >= 11 is 5.94. The number of anilines is 1. The Hall–Kier alpha value is -3.02. The van der Waals surface area contributed by atoms with Crippen molar-refractivity contribution < 1.29 is 9.53 Å². The standard InChI is InChI=1S/C18H14ClN3O2/c1-12(11-24-16-6-2-13(9-20)3-7-16)18(23)22-15-5-4-14(10-21)17(19)8-15/h2-8,12H,11H2,1H3,(H,22,23)/t12-/m1/s1. The Kier molecular flexibility index (Phi) is 5.78. The van der Waals surface area contributed by atoms with Gasteiger partial charge in [0.05, 0.1) is 34.7 Å². The lowest BCUT2D eigenvalue weighted by molar-refractivity contribution is -0.120. The molecule has 1 amide bonds. The molecule has 0 heterocycles. The molecule has 0 aliphatic rings. The van der Waals surface area contributed by atoms with Crippen molar-refractivity contribution in [3.8, 4) is 17.9 Å². The van der Waals surface area contributed by atoms with E-state index < -0.39 is 5.92 Å². The van der Waals surface area contributed by atoms with Crippen molar-refractivity contribution in [2.45, 2.75) is 6.92 Å². The van der Waals surface area contributed by atoms with Crippen molar-refractivity contribution in [2.24, 2.45) is 5.92 Å². The van der Waals surface area contributed by atoms with Crippen molar-refractivity contribution >= 4 is 23.2 Å². The molecule has 0 saturated heterocycles. The number of hydrogen-bond acceptors (Lipinski definition) is 4. The number of nitriles is 2. The monoisotopic (exact) mass is 339 g/mol. The number of amides is 1. The molecule has 2 aromatic carbocycles. The van der Waals surface area contributed by atoms with E-state index in [0.29, 0.717) is 22.6 Å². The van der Waals surface area contributed by atoms with Gasteiger partial charge in [0.2, 0.25) is 5.91 Å². The molecule has 0 fully saturated rings. The molecule has 0 unspecified atom stereocenters. The summed E-state index contributed by atoms with van der Waals surface area (Å²) < 4.78 is 5.55. The predicted molar refractivity (Wildman–Crippen MR) is 90.6 cm³/mol. The molecule has 0 aromatic heterocycles. The third-order valence-corrected chi connectivity index (χ3v) is 3.60. The molecule has 5 nitrogen and oxygen atoms in total. The third-order valence-electron chi connectivity index (χ3n) is 3.29. The van der Waals surface area contributed by atoms with Crippen LogP contribution in [-0.2, 0) is 4.79 Å². The Bertz CT molecular complexity index is 820. The van der Waals surface area contributed by atoms with Gasteiger partial charge in [-0.3, -0.25) is 4.79 Å². The number of nitrogens with zero attached hydrogens (tertiary/aromatic N) is 2.